The van der Waals surface area contributed by atoms with Crippen molar-refractivity contribution in [1.82, 2.24) is 15.5 Å². The fourth-order valence-electron chi connectivity index (χ4n) is 1.50. The summed E-state index contributed by atoms with van der Waals surface area (Å²) in [5.41, 5.74) is 0. The summed E-state index contributed by atoms with van der Waals surface area (Å²) in [6.45, 7) is 3.43. The molecule has 18 heavy (non-hydrogen) atoms. The van der Waals surface area contributed by atoms with E-state index in [9.17, 15) is 0 Å². The maximum absolute atomic E-state index is 5.56. The summed E-state index contributed by atoms with van der Waals surface area (Å²) < 4.78 is 15.7. The van der Waals surface area contributed by atoms with Crippen LogP contribution < -0.4 is 10.2 Å². The van der Waals surface area contributed by atoms with Gasteiger partial charge in [-0.25, -0.2) is 0 Å². The lowest BCUT2D eigenvalue weighted by Crippen LogP contribution is -2.29. The Bertz CT molecular complexity index is 319. The Hall–Kier alpha value is -1.18. The molecule has 1 rings (SSSR count). The first-order chi connectivity index (χ1) is 8.81. The van der Waals surface area contributed by atoms with E-state index >= 15 is 0 Å². The number of nitrogens with zero attached hydrogens (tertiary/aromatic N) is 3. The molecule has 0 aromatic carbocycles. The molecule has 0 fully saturated rings. The van der Waals surface area contributed by atoms with E-state index in [0.717, 1.165) is 19.5 Å². The molecule has 0 saturated heterocycles. The molecule has 0 bridgehead atoms. The average Bonchev–Trinajstić information content (AvgIpc) is 2.82. The number of aromatic nitrogens is 2. The normalized spacial score (nSPS) is 10.8. The summed E-state index contributed by atoms with van der Waals surface area (Å²) >= 11 is 0. The lowest BCUT2D eigenvalue weighted by molar-refractivity contribution is 0.189. The van der Waals surface area contributed by atoms with E-state index in [2.05, 4.69) is 15.5 Å². The Morgan fingerprint density at radius 2 is 1.94 bits per heavy atom. The highest BCUT2D eigenvalue weighted by Crippen LogP contribution is 2.12. The molecular weight excluding hydrogens is 236 g/mol. The van der Waals surface area contributed by atoms with Crippen molar-refractivity contribution in [3.8, 4) is 0 Å². The fourth-order valence-corrected chi connectivity index (χ4v) is 1.50. The topological polar surface area (TPSA) is 72.7 Å². The van der Waals surface area contributed by atoms with Crippen LogP contribution in [-0.4, -0.2) is 57.8 Å². The van der Waals surface area contributed by atoms with Gasteiger partial charge in [0.25, 0.3) is 0 Å². The first-order valence-corrected chi connectivity index (χ1v) is 6.01. The summed E-state index contributed by atoms with van der Waals surface area (Å²) in [4.78, 5) is 2.01. The number of nitrogens with one attached hydrogen (secondary N) is 1. The highest BCUT2D eigenvalue weighted by atomic mass is 16.5. The molecule has 0 atom stereocenters. The molecule has 0 amide bonds. The van der Waals surface area contributed by atoms with Crippen LogP contribution in [0.15, 0.2) is 4.42 Å². The van der Waals surface area contributed by atoms with E-state index in [-0.39, 0.29) is 0 Å². The maximum Gasteiger partial charge on any atom is 0.318 e. The molecule has 0 aliphatic carbocycles. The number of ether oxygens (including phenoxy) is 2. The van der Waals surface area contributed by atoms with Crippen molar-refractivity contribution in [2.24, 2.45) is 0 Å². The second-order valence-corrected chi connectivity index (χ2v) is 3.83. The number of rotatable bonds is 10. The Balaban J connectivity index is 2.55. The van der Waals surface area contributed by atoms with Gasteiger partial charge in [0.05, 0.1) is 13.2 Å². The maximum atomic E-state index is 5.56. The van der Waals surface area contributed by atoms with Gasteiger partial charge in [0.15, 0.2) is 0 Å². The lowest BCUT2D eigenvalue weighted by Gasteiger charge is -2.19. The number of anilines is 1. The smallest absolute Gasteiger partial charge is 0.318 e. The van der Waals surface area contributed by atoms with Gasteiger partial charge in [-0.2, -0.15) is 0 Å². The molecule has 7 heteroatoms. The van der Waals surface area contributed by atoms with E-state index in [1.807, 2.05) is 11.9 Å². The summed E-state index contributed by atoms with van der Waals surface area (Å²) in [7, 11) is 5.20. The monoisotopic (exact) mass is 258 g/mol. The van der Waals surface area contributed by atoms with E-state index in [4.69, 9.17) is 13.9 Å². The molecule has 7 nitrogen and oxygen atoms in total. The molecular formula is C11H22N4O3. The van der Waals surface area contributed by atoms with Crippen molar-refractivity contribution >= 4 is 6.01 Å². The quantitative estimate of drug-likeness (QED) is 0.604. The SMILES string of the molecule is CNCc1nnc(N(CCCOC)CCOC)o1. The minimum Gasteiger partial charge on any atom is -0.407 e. The molecule has 1 N–H and O–H groups in total. The molecule has 0 aliphatic rings. The van der Waals surface area contributed by atoms with Crippen molar-refractivity contribution in [1.29, 1.82) is 0 Å². The Morgan fingerprint density at radius 3 is 2.61 bits per heavy atom. The van der Waals surface area contributed by atoms with Crippen LogP contribution in [0.5, 0.6) is 0 Å². The van der Waals surface area contributed by atoms with Crippen LogP contribution in [0.25, 0.3) is 0 Å². The third-order valence-electron chi connectivity index (χ3n) is 2.40. The van der Waals surface area contributed by atoms with Gasteiger partial charge in [0.1, 0.15) is 0 Å². The first kappa shape index (κ1) is 14.9. The summed E-state index contributed by atoms with van der Waals surface area (Å²) in [5.74, 6) is 0.585. The second kappa shape index (κ2) is 8.84. The largest absolute Gasteiger partial charge is 0.407 e. The Kier molecular flexibility index (Phi) is 7.31. The van der Waals surface area contributed by atoms with Crippen molar-refractivity contribution in [3.63, 3.8) is 0 Å². The minimum atomic E-state index is 0.536. The van der Waals surface area contributed by atoms with Crippen LogP contribution in [0.4, 0.5) is 6.01 Å². The highest BCUT2D eigenvalue weighted by molar-refractivity contribution is 5.23. The zero-order chi connectivity index (χ0) is 13.2. The molecule has 1 aromatic rings. The van der Waals surface area contributed by atoms with Crippen molar-refractivity contribution in [3.05, 3.63) is 5.89 Å². The van der Waals surface area contributed by atoms with Crippen LogP contribution in [-0.2, 0) is 16.0 Å². The van der Waals surface area contributed by atoms with Crippen molar-refractivity contribution in [2.75, 3.05) is 52.5 Å². The third-order valence-corrected chi connectivity index (χ3v) is 2.40. The molecule has 0 saturated carbocycles. The van der Waals surface area contributed by atoms with E-state index in [0.29, 0.717) is 31.7 Å². The van der Waals surface area contributed by atoms with Gasteiger partial charge in [-0.05, 0) is 13.5 Å². The van der Waals surface area contributed by atoms with Crippen molar-refractivity contribution in [2.45, 2.75) is 13.0 Å². The zero-order valence-corrected chi connectivity index (χ0v) is 11.3. The van der Waals surface area contributed by atoms with Crippen LogP contribution in [0.3, 0.4) is 0 Å². The number of hydrogen-bond donors (Lipinski definition) is 1. The standard InChI is InChI=1S/C11H22N4O3/c1-12-9-10-13-14-11(18-10)15(6-8-17-3)5-4-7-16-2/h12H,4-9H2,1-3H3. The van der Waals surface area contributed by atoms with Gasteiger partial charge in [-0.1, -0.05) is 5.10 Å². The van der Waals surface area contributed by atoms with Crippen LogP contribution in [0, 0.1) is 0 Å². The number of hydrogen-bond acceptors (Lipinski definition) is 7. The summed E-state index contributed by atoms with van der Waals surface area (Å²) in [5, 5.41) is 11.0. The molecule has 0 spiro atoms. The summed E-state index contributed by atoms with van der Waals surface area (Å²) in [6, 6.07) is 0.536. The van der Waals surface area contributed by atoms with Crippen LogP contribution >= 0.6 is 0 Å². The molecule has 0 unspecified atom stereocenters. The fraction of sp³-hybridized carbons (Fsp3) is 0.818. The van der Waals surface area contributed by atoms with E-state index in [1.54, 1.807) is 14.2 Å². The lowest BCUT2D eigenvalue weighted by atomic mass is 10.4. The van der Waals surface area contributed by atoms with Crippen LogP contribution in [0.2, 0.25) is 0 Å². The summed E-state index contributed by atoms with van der Waals surface area (Å²) in [6.07, 6.45) is 0.907. The highest BCUT2D eigenvalue weighted by Gasteiger charge is 2.13. The Labute approximate surface area is 107 Å². The first-order valence-electron chi connectivity index (χ1n) is 6.01. The minimum absolute atomic E-state index is 0.536. The van der Waals surface area contributed by atoms with Gasteiger partial charge in [0.2, 0.25) is 5.89 Å². The predicted molar refractivity (Wildman–Crippen MR) is 67.6 cm³/mol. The van der Waals surface area contributed by atoms with E-state index < -0.39 is 0 Å². The van der Waals surface area contributed by atoms with E-state index in [1.165, 1.54) is 0 Å². The second-order valence-electron chi connectivity index (χ2n) is 3.83. The van der Waals surface area contributed by atoms with Gasteiger partial charge in [-0.3, -0.25) is 0 Å². The molecule has 104 valence electrons. The molecule has 1 aromatic heterocycles. The van der Waals surface area contributed by atoms with Crippen LogP contribution in [0.1, 0.15) is 12.3 Å². The molecule has 0 radical (unpaired) electrons. The molecule has 0 aliphatic heterocycles. The zero-order valence-electron chi connectivity index (χ0n) is 11.3. The Morgan fingerprint density at radius 1 is 1.17 bits per heavy atom. The third kappa shape index (κ3) is 4.99. The van der Waals surface area contributed by atoms with Gasteiger partial charge in [-0.15, -0.1) is 5.10 Å². The van der Waals surface area contributed by atoms with Gasteiger partial charge >= 0.3 is 6.01 Å². The van der Waals surface area contributed by atoms with Gasteiger partial charge < -0.3 is 24.1 Å². The predicted octanol–water partition coefficient (Wildman–Crippen LogP) is 0.278. The average molecular weight is 258 g/mol. The van der Waals surface area contributed by atoms with Gasteiger partial charge in [0, 0.05) is 33.9 Å². The number of methoxy groups -OCH3 is 2. The molecule has 1 heterocycles. The van der Waals surface area contributed by atoms with Crippen molar-refractivity contribution < 1.29 is 13.9 Å².